The van der Waals surface area contributed by atoms with Crippen LogP contribution in [0.2, 0.25) is 0 Å². The predicted octanol–water partition coefficient (Wildman–Crippen LogP) is 0.405. The Kier molecular flexibility index (Phi) is 3.05. The van der Waals surface area contributed by atoms with Crippen LogP contribution in [0.1, 0.15) is 26.2 Å². The van der Waals surface area contributed by atoms with Crippen molar-refractivity contribution in [3.63, 3.8) is 0 Å². The second-order valence-electron chi connectivity index (χ2n) is 3.09. The van der Waals surface area contributed by atoms with Gasteiger partial charge in [0, 0.05) is 12.8 Å². The Morgan fingerprint density at radius 3 is 3.00 bits per heavy atom. The molecule has 0 radical (unpaired) electrons. The first-order valence-corrected chi connectivity index (χ1v) is 4.25. The Hall–Kier alpha value is -0.610. The summed E-state index contributed by atoms with van der Waals surface area (Å²) in [6, 6.07) is 0. The molecule has 70 valence electrons. The summed E-state index contributed by atoms with van der Waals surface area (Å²) in [7, 11) is 0. The number of hydrogen-bond donors (Lipinski definition) is 1. The zero-order chi connectivity index (χ0) is 9.03. The average Bonchev–Trinajstić information content (AvgIpc) is 2.36. The van der Waals surface area contributed by atoms with E-state index in [0.717, 1.165) is 6.42 Å². The van der Waals surface area contributed by atoms with E-state index in [4.69, 9.17) is 15.2 Å². The molecular weight excluding hydrogens is 158 g/mol. The normalized spacial score (nSPS) is 28.8. The van der Waals surface area contributed by atoms with E-state index < -0.39 is 5.72 Å². The van der Waals surface area contributed by atoms with Gasteiger partial charge in [0.05, 0.1) is 6.61 Å². The molecule has 0 aliphatic carbocycles. The lowest BCUT2D eigenvalue weighted by atomic mass is 10.2. The maximum atomic E-state index is 11.0. The summed E-state index contributed by atoms with van der Waals surface area (Å²) in [6.07, 6.45) is 1.82. The first-order valence-electron chi connectivity index (χ1n) is 4.25. The summed E-state index contributed by atoms with van der Waals surface area (Å²) in [5.41, 5.74) is 4.87. The zero-order valence-electron chi connectivity index (χ0n) is 7.34. The van der Waals surface area contributed by atoms with Gasteiger partial charge in [0.15, 0.2) is 5.72 Å². The van der Waals surface area contributed by atoms with Crippen LogP contribution in [0.25, 0.3) is 0 Å². The lowest BCUT2D eigenvalue weighted by Gasteiger charge is -2.21. The van der Waals surface area contributed by atoms with Gasteiger partial charge in [-0.25, -0.2) is 0 Å². The zero-order valence-corrected chi connectivity index (χ0v) is 7.34. The van der Waals surface area contributed by atoms with Crippen molar-refractivity contribution < 1.29 is 14.3 Å². The molecule has 0 aromatic heterocycles. The summed E-state index contributed by atoms with van der Waals surface area (Å²) >= 11 is 0. The summed E-state index contributed by atoms with van der Waals surface area (Å²) in [5, 5.41) is 0. The van der Waals surface area contributed by atoms with E-state index in [0.29, 0.717) is 26.1 Å². The Morgan fingerprint density at radius 1 is 1.75 bits per heavy atom. The van der Waals surface area contributed by atoms with Crippen LogP contribution in [0.5, 0.6) is 0 Å². The van der Waals surface area contributed by atoms with Gasteiger partial charge < -0.3 is 9.47 Å². The third-order valence-corrected chi connectivity index (χ3v) is 1.79. The van der Waals surface area contributed by atoms with Gasteiger partial charge in [-0.05, 0) is 6.42 Å². The van der Waals surface area contributed by atoms with E-state index >= 15 is 0 Å². The van der Waals surface area contributed by atoms with Crippen LogP contribution >= 0.6 is 0 Å². The van der Waals surface area contributed by atoms with Crippen molar-refractivity contribution >= 4 is 5.97 Å². The maximum absolute atomic E-state index is 11.0. The molecule has 2 N–H and O–H groups in total. The number of rotatable bonds is 3. The molecule has 0 amide bonds. The summed E-state index contributed by atoms with van der Waals surface area (Å²) < 4.78 is 10.1. The van der Waals surface area contributed by atoms with Crippen LogP contribution in [0.15, 0.2) is 0 Å². The Bertz CT molecular complexity index is 164. The van der Waals surface area contributed by atoms with Gasteiger partial charge in [-0.1, -0.05) is 6.92 Å². The lowest BCUT2D eigenvalue weighted by Crippen LogP contribution is -2.44. The van der Waals surface area contributed by atoms with Gasteiger partial charge in [0.1, 0.15) is 6.61 Å². The predicted molar refractivity (Wildman–Crippen MR) is 43.4 cm³/mol. The van der Waals surface area contributed by atoms with Crippen molar-refractivity contribution in [2.75, 3.05) is 13.2 Å². The number of ether oxygens (including phenoxy) is 2. The molecular formula is C8H15NO3. The standard InChI is InChI=1S/C8H15NO3/c1-2-3-7(10)12-8(9)4-5-11-6-8/h2-6,9H2,1H3. The Balaban J connectivity index is 2.33. The highest BCUT2D eigenvalue weighted by atomic mass is 16.6. The third kappa shape index (κ3) is 2.46. The molecule has 1 rings (SSSR count). The maximum Gasteiger partial charge on any atom is 0.307 e. The van der Waals surface area contributed by atoms with Gasteiger partial charge in [-0.2, -0.15) is 0 Å². The van der Waals surface area contributed by atoms with Gasteiger partial charge in [0.2, 0.25) is 0 Å². The average molecular weight is 173 g/mol. The first kappa shape index (κ1) is 9.48. The van der Waals surface area contributed by atoms with Crippen LogP contribution in [0.4, 0.5) is 0 Å². The van der Waals surface area contributed by atoms with Crippen molar-refractivity contribution in [3.8, 4) is 0 Å². The molecule has 1 atom stereocenters. The summed E-state index contributed by atoms with van der Waals surface area (Å²) in [4.78, 5) is 11.0. The molecule has 1 saturated heterocycles. The molecule has 0 aromatic rings. The lowest BCUT2D eigenvalue weighted by molar-refractivity contribution is -0.159. The molecule has 1 aliphatic rings. The van der Waals surface area contributed by atoms with Crippen LogP contribution in [0.3, 0.4) is 0 Å². The van der Waals surface area contributed by atoms with Crippen molar-refractivity contribution in [3.05, 3.63) is 0 Å². The highest BCUT2D eigenvalue weighted by Crippen LogP contribution is 2.17. The molecule has 1 unspecified atom stereocenters. The van der Waals surface area contributed by atoms with E-state index in [1.54, 1.807) is 0 Å². The monoisotopic (exact) mass is 173 g/mol. The fourth-order valence-electron chi connectivity index (χ4n) is 1.12. The fraction of sp³-hybridized carbons (Fsp3) is 0.875. The topological polar surface area (TPSA) is 61.5 Å². The number of nitrogens with two attached hydrogens (primary N) is 1. The molecule has 0 bridgehead atoms. The van der Waals surface area contributed by atoms with Gasteiger partial charge in [-0.15, -0.1) is 0 Å². The van der Waals surface area contributed by atoms with Crippen molar-refractivity contribution in [1.82, 2.24) is 0 Å². The second kappa shape index (κ2) is 3.87. The molecule has 4 heteroatoms. The molecule has 1 fully saturated rings. The quantitative estimate of drug-likeness (QED) is 0.496. The SMILES string of the molecule is CCCC(=O)OC1(N)CCOC1. The van der Waals surface area contributed by atoms with Crippen molar-refractivity contribution in [2.24, 2.45) is 5.73 Å². The van der Waals surface area contributed by atoms with E-state index in [2.05, 4.69) is 0 Å². The summed E-state index contributed by atoms with van der Waals surface area (Å²) in [6.45, 7) is 2.83. The van der Waals surface area contributed by atoms with Gasteiger partial charge in [0.25, 0.3) is 0 Å². The Morgan fingerprint density at radius 2 is 2.50 bits per heavy atom. The minimum absolute atomic E-state index is 0.231. The molecule has 0 aromatic carbocycles. The van der Waals surface area contributed by atoms with Crippen LogP contribution < -0.4 is 5.73 Å². The van der Waals surface area contributed by atoms with Crippen LogP contribution in [-0.2, 0) is 14.3 Å². The Labute approximate surface area is 72.0 Å². The molecule has 12 heavy (non-hydrogen) atoms. The smallest absolute Gasteiger partial charge is 0.307 e. The minimum atomic E-state index is -0.855. The van der Waals surface area contributed by atoms with Gasteiger partial charge >= 0.3 is 5.97 Å². The summed E-state index contributed by atoms with van der Waals surface area (Å²) in [5.74, 6) is -0.231. The third-order valence-electron chi connectivity index (χ3n) is 1.79. The molecule has 0 saturated carbocycles. The second-order valence-corrected chi connectivity index (χ2v) is 3.09. The van der Waals surface area contributed by atoms with Crippen LogP contribution in [-0.4, -0.2) is 24.9 Å². The number of carbonyl (C=O) groups excluding carboxylic acids is 1. The van der Waals surface area contributed by atoms with E-state index in [1.807, 2.05) is 6.92 Å². The van der Waals surface area contributed by atoms with Crippen molar-refractivity contribution in [2.45, 2.75) is 31.9 Å². The number of esters is 1. The van der Waals surface area contributed by atoms with Crippen molar-refractivity contribution in [1.29, 1.82) is 0 Å². The minimum Gasteiger partial charge on any atom is -0.441 e. The van der Waals surface area contributed by atoms with Gasteiger partial charge in [-0.3, -0.25) is 10.5 Å². The molecule has 1 aliphatic heterocycles. The van der Waals surface area contributed by atoms with E-state index in [1.165, 1.54) is 0 Å². The highest BCUT2D eigenvalue weighted by Gasteiger charge is 2.34. The molecule has 0 spiro atoms. The number of hydrogen-bond acceptors (Lipinski definition) is 4. The molecule has 1 heterocycles. The molecule has 4 nitrogen and oxygen atoms in total. The number of carbonyl (C=O) groups is 1. The highest BCUT2D eigenvalue weighted by molar-refractivity contribution is 5.69. The first-order chi connectivity index (χ1) is 5.66. The van der Waals surface area contributed by atoms with E-state index in [9.17, 15) is 4.79 Å². The van der Waals surface area contributed by atoms with E-state index in [-0.39, 0.29) is 5.97 Å². The van der Waals surface area contributed by atoms with Crippen LogP contribution in [0, 0.1) is 0 Å². The fourth-order valence-corrected chi connectivity index (χ4v) is 1.12. The largest absolute Gasteiger partial charge is 0.441 e.